The van der Waals surface area contributed by atoms with Crippen molar-refractivity contribution in [3.63, 3.8) is 0 Å². The third-order valence-electron chi connectivity index (χ3n) is 5.02. The fraction of sp³-hybridized carbons (Fsp3) is 0.333. The zero-order valence-electron chi connectivity index (χ0n) is 14.4. The first kappa shape index (κ1) is 15.3. The number of H-pyrrole nitrogens is 2. The van der Waals surface area contributed by atoms with E-state index in [9.17, 15) is 0 Å². The first-order valence-electron chi connectivity index (χ1n) is 9.02. The van der Waals surface area contributed by atoms with Crippen molar-refractivity contribution in [2.45, 2.75) is 12.8 Å². The van der Waals surface area contributed by atoms with Crippen molar-refractivity contribution < 1.29 is 4.57 Å². The molecule has 26 heavy (non-hydrogen) atoms. The van der Waals surface area contributed by atoms with Gasteiger partial charge in [0.1, 0.15) is 11.0 Å². The number of anilines is 1. The van der Waals surface area contributed by atoms with Crippen molar-refractivity contribution in [3.05, 3.63) is 36.9 Å². The predicted molar refractivity (Wildman–Crippen MR) is 99.2 cm³/mol. The zero-order chi connectivity index (χ0) is 17.3. The fourth-order valence-electron chi connectivity index (χ4n) is 3.58. The molecule has 8 heteroatoms. The van der Waals surface area contributed by atoms with Gasteiger partial charge in [0.05, 0.1) is 6.33 Å². The number of imidazole rings is 2. The van der Waals surface area contributed by atoms with Gasteiger partial charge >= 0.3 is 5.95 Å². The third kappa shape index (κ3) is 2.68. The number of aromatic amines is 2. The zero-order valence-corrected chi connectivity index (χ0v) is 14.4. The number of benzene rings is 1. The maximum atomic E-state index is 4.78. The highest BCUT2D eigenvalue weighted by molar-refractivity contribution is 5.79. The summed E-state index contributed by atoms with van der Waals surface area (Å²) in [6.45, 7) is 3.06. The number of aromatic nitrogens is 6. The van der Waals surface area contributed by atoms with E-state index in [0.29, 0.717) is 17.5 Å². The molecule has 0 unspecified atom stereocenters. The Morgan fingerprint density at radius 2 is 2.00 bits per heavy atom. The molecule has 0 bridgehead atoms. The van der Waals surface area contributed by atoms with Crippen LogP contribution in [0.3, 0.4) is 0 Å². The Kier molecular flexibility index (Phi) is 3.75. The Hall–Kier alpha value is -3.00. The Morgan fingerprint density at radius 3 is 2.92 bits per heavy atom. The molecule has 3 aromatic heterocycles. The quantitative estimate of drug-likeness (QED) is 0.419. The van der Waals surface area contributed by atoms with E-state index in [0.717, 1.165) is 42.0 Å². The molecule has 1 fully saturated rings. The van der Waals surface area contributed by atoms with Crippen LogP contribution < -0.4 is 15.2 Å². The van der Waals surface area contributed by atoms with E-state index in [4.69, 9.17) is 4.98 Å². The molecule has 0 saturated carbocycles. The molecule has 132 valence electrons. The molecule has 1 aliphatic heterocycles. The second-order valence-corrected chi connectivity index (χ2v) is 6.71. The lowest BCUT2D eigenvalue weighted by molar-refractivity contribution is -0.569. The highest BCUT2D eigenvalue weighted by atomic mass is 15.2. The highest BCUT2D eigenvalue weighted by Gasteiger charge is 2.21. The number of hydrogen-bond donors (Lipinski definition) is 4. The lowest BCUT2D eigenvalue weighted by atomic mass is 9.98. The number of hydrogen-bond acceptors (Lipinski definition) is 5. The van der Waals surface area contributed by atoms with Crippen LogP contribution in [0.15, 0.2) is 36.9 Å². The van der Waals surface area contributed by atoms with Crippen molar-refractivity contribution in [2.75, 3.05) is 25.0 Å². The van der Waals surface area contributed by atoms with E-state index in [1.165, 1.54) is 12.8 Å². The first-order chi connectivity index (χ1) is 12.9. The van der Waals surface area contributed by atoms with Crippen LogP contribution in [0.4, 0.5) is 5.95 Å². The Morgan fingerprint density at radius 1 is 1.12 bits per heavy atom. The fourth-order valence-corrected chi connectivity index (χ4v) is 3.58. The topological polar surface area (TPSA) is 98.2 Å². The van der Waals surface area contributed by atoms with Gasteiger partial charge in [0.2, 0.25) is 0 Å². The second kappa shape index (κ2) is 6.38. The van der Waals surface area contributed by atoms with Crippen LogP contribution in [0.5, 0.6) is 0 Å². The van der Waals surface area contributed by atoms with Crippen LogP contribution in [0, 0.1) is 5.92 Å². The van der Waals surface area contributed by atoms with E-state index in [-0.39, 0.29) is 0 Å². The third-order valence-corrected chi connectivity index (χ3v) is 5.02. The summed E-state index contributed by atoms with van der Waals surface area (Å²) >= 11 is 0. The molecule has 8 nitrogen and oxygen atoms in total. The number of piperidine rings is 1. The molecular weight excluding hydrogens is 328 g/mol. The van der Waals surface area contributed by atoms with Gasteiger partial charge in [-0.3, -0.25) is 4.98 Å². The maximum Gasteiger partial charge on any atom is 0.302 e. The average molecular weight is 349 g/mol. The van der Waals surface area contributed by atoms with Gasteiger partial charge in [0, 0.05) is 6.54 Å². The minimum atomic E-state index is 0.621. The maximum absolute atomic E-state index is 4.78. The number of nitrogens with one attached hydrogen (secondary N) is 4. The van der Waals surface area contributed by atoms with Crippen LogP contribution in [0.25, 0.3) is 28.0 Å². The summed E-state index contributed by atoms with van der Waals surface area (Å²) < 4.78 is 2.03. The Labute approximate surface area is 150 Å². The number of fused-ring (bicyclic) bond motifs is 2. The van der Waals surface area contributed by atoms with E-state index >= 15 is 0 Å². The van der Waals surface area contributed by atoms with Crippen LogP contribution >= 0.6 is 0 Å². The van der Waals surface area contributed by atoms with Crippen molar-refractivity contribution in [3.8, 4) is 5.82 Å². The van der Waals surface area contributed by atoms with Crippen molar-refractivity contribution >= 4 is 28.1 Å². The van der Waals surface area contributed by atoms with Crippen LogP contribution in [-0.4, -0.2) is 44.6 Å². The van der Waals surface area contributed by atoms with Gasteiger partial charge in [-0.05, 0) is 44.0 Å². The molecule has 1 aromatic carbocycles. The largest absolute Gasteiger partial charge is 0.340 e. The lowest BCUT2D eigenvalue weighted by Crippen LogP contribution is -2.32. The van der Waals surface area contributed by atoms with Gasteiger partial charge in [0.15, 0.2) is 17.5 Å². The van der Waals surface area contributed by atoms with E-state index in [1.54, 1.807) is 6.33 Å². The summed E-state index contributed by atoms with van der Waals surface area (Å²) in [6.07, 6.45) is 5.95. The molecule has 4 N–H and O–H groups in total. The average Bonchev–Trinajstić information content (AvgIpc) is 3.33. The Bertz CT molecular complexity index is 1040. The molecule has 0 atom stereocenters. The number of nitrogens with zero attached hydrogens (tertiary/aromatic N) is 4. The predicted octanol–water partition coefficient (Wildman–Crippen LogP) is 1.52. The Balaban J connectivity index is 1.53. The number of rotatable bonds is 4. The summed E-state index contributed by atoms with van der Waals surface area (Å²) in [7, 11) is 0. The van der Waals surface area contributed by atoms with Gasteiger partial charge in [0.25, 0.3) is 5.82 Å². The molecule has 5 rings (SSSR count). The molecular formula is C18H21N8+. The van der Waals surface area contributed by atoms with Crippen LogP contribution in [0.1, 0.15) is 12.8 Å². The standard InChI is InChI=1S/C18H20N8/c1-2-4-14-13(3-1)23-11-26(14)17-15-16(22-10-21-15)24-18(25-17)20-9-12-5-7-19-8-6-12/h1-4,10-12,19H,5-9H2,(H2,20,21,22,24,25)/p+1. The summed E-state index contributed by atoms with van der Waals surface area (Å²) in [6, 6.07) is 8.15. The minimum absolute atomic E-state index is 0.621. The normalized spacial score (nSPS) is 15.7. The molecule has 1 aliphatic rings. The summed E-state index contributed by atoms with van der Waals surface area (Å²) in [5.74, 6) is 2.06. The minimum Gasteiger partial charge on any atom is -0.340 e. The molecule has 4 aromatic rings. The first-order valence-corrected chi connectivity index (χ1v) is 9.02. The summed E-state index contributed by atoms with van der Waals surface area (Å²) in [5.41, 5.74) is 3.61. The SMILES string of the molecule is c1ccc2c(c1)[nH]c[n+]2-c1nc(NCC2CCNCC2)nc2nc[nH]c12. The van der Waals surface area contributed by atoms with Gasteiger partial charge in [-0.2, -0.15) is 9.55 Å². The molecule has 0 radical (unpaired) electrons. The van der Waals surface area contributed by atoms with E-state index in [1.807, 2.05) is 29.1 Å². The second-order valence-electron chi connectivity index (χ2n) is 6.71. The van der Waals surface area contributed by atoms with Crippen molar-refractivity contribution in [1.82, 2.24) is 30.2 Å². The van der Waals surface area contributed by atoms with Gasteiger partial charge < -0.3 is 15.6 Å². The summed E-state index contributed by atoms with van der Waals surface area (Å²) in [5, 5.41) is 6.82. The van der Waals surface area contributed by atoms with Crippen molar-refractivity contribution in [1.29, 1.82) is 0 Å². The van der Waals surface area contributed by atoms with E-state index < -0.39 is 0 Å². The van der Waals surface area contributed by atoms with Gasteiger partial charge in [-0.15, -0.1) is 0 Å². The van der Waals surface area contributed by atoms with Gasteiger partial charge in [-0.1, -0.05) is 17.1 Å². The van der Waals surface area contributed by atoms with Crippen molar-refractivity contribution in [2.24, 2.45) is 5.92 Å². The summed E-state index contributed by atoms with van der Waals surface area (Å²) in [4.78, 5) is 20.1. The van der Waals surface area contributed by atoms with E-state index in [2.05, 4.69) is 36.6 Å². The molecule has 0 amide bonds. The van der Waals surface area contributed by atoms with Crippen LogP contribution in [-0.2, 0) is 0 Å². The molecule has 1 saturated heterocycles. The highest BCUT2D eigenvalue weighted by Crippen LogP contribution is 2.18. The van der Waals surface area contributed by atoms with Crippen LogP contribution in [0.2, 0.25) is 0 Å². The molecule has 4 heterocycles. The lowest BCUT2D eigenvalue weighted by Gasteiger charge is -2.22. The number of para-hydroxylation sites is 2. The van der Waals surface area contributed by atoms with Gasteiger partial charge in [-0.25, -0.2) is 4.98 Å². The molecule has 0 aliphatic carbocycles. The smallest absolute Gasteiger partial charge is 0.302 e. The monoisotopic (exact) mass is 349 g/mol. The molecule has 0 spiro atoms.